The van der Waals surface area contributed by atoms with E-state index < -0.39 is 5.82 Å². The van der Waals surface area contributed by atoms with Crippen molar-refractivity contribution < 1.29 is 9.18 Å². The molecule has 3 heteroatoms. The average molecular weight is 249 g/mol. The van der Waals surface area contributed by atoms with Crippen LogP contribution in [0.1, 0.15) is 43.5 Å². The van der Waals surface area contributed by atoms with E-state index >= 15 is 0 Å². The van der Waals surface area contributed by atoms with Crippen LogP contribution in [0.25, 0.3) is 0 Å². The Kier molecular flexibility index (Phi) is 3.69. The Balaban J connectivity index is 2.14. The van der Waals surface area contributed by atoms with Crippen LogP contribution in [0.15, 0.2) is 18.2 Å². The van der Waals surface area contributed by atoms with Gasteiger partial charge in [0, 0.05) is 11.5 Å². The summed E-state index contributed by atoms with van der Waals surface area (Å²) in [6.07, 6.45) is 2.90. The Labute approximate surface area is 107 Å². The number of nitrogens with two attached hydrogens (primary N) is 1. The molecule has 0 bridgehead atoms. The first-order chi connectivity index (χ1) is 8.49. The molecule has 1 aromatic carbocycles. The highest BCUT2D eigenvalue weighted by Gasteiger charge is 2.29. The molecule has 3 unspecified atom stereocenters. The van der Waals surface area contributed by atoms with Crippen molar-refractivity contribution in [3.8, 4) is 0 Å². The summed E-state index contributed by atoms with van der Waals surface area (Å²) in [5.41, 5.74) is 5.97. The molecule has 1 saturated carbocycles. The first kappa shape index (κ1) is 13.1. The first-order valence-corrected chi connectivity index (χ1v) is 6.58. The van der Waals surface area contributed by atoms with Crippen LogP contribution in [0, 0.1) is 23.6 Å². The molecule has 0 saturated heterocycles. The predicted octanol–water partition coefficient (Wildman–Crippen LogP) is 3.66. The van der Waals surface area contributed by atoms with Crippen LogP contribution in [-0.4, -0.2) is 5.78 Å². The number of halogens is 1. The lowest BCUT2D eigenvalue weighted by atomic mass is 9.73. The molecule has 0 heterocycles. The van der Waals surface area contributed by atoms with E-state index in [0.29, 0.717) is 17.4 Å². The van der Waals surface area contributed by atoms with Gasteiger partial charge in [0.15, 0.2) is 5.78 Å². The van der Waals surface area contributed by atoms with E-state index in [0.717, 1.165) is 19.3 Å². The molecule has 0 aromatic heterocycles. The molecule has 0 amide bonds. The molecule has 1 aromatic rings. The van der Waals surface area contributed by atoms with Gasteiger partial charge in [0.2, 0.25) is 0 Å². The Morgan fingerprint density at radius 2 is 2.00 bits per heavy atom. The van der Waals surface area contributed by atoms with Gasteiger partial charge in [0.05, 0.1) is 5.69 Å². The summed E-state index contributed by atoms with van der Waals surface area (Å²) >= 11 is 0. The van der Waals surface area contributed by atoms with Crippen molar-refractivity contribution in [3.05, 3.63) is 29.6 Å². The molecule has 1 fully saturated rings. The number of hydrogen-bond acceptors (Lipinski definition) is 2. The van der Waals surface area contributed by atoms with Crippen molar-refractivity contribution in [3.63, 3.8) is 0 Å². The lowest BCUT2D eigenvalue weighted by molar-refractivity contribution is 0.0837. The van der Waals surface area contributed by atoms with Crippen LogP contribution >= 0.6 is 0 Å². The number of nitrogen functional groups attached to an aromatic ring is 1. The van der Waals surface area contributed by atoms with Gasteiger partial charge in [-0.05, 0) is 49.3 Å². The number of benzene rings is 1. The fraction of sp³-hybridized carbons (Fsp3) is 0.533. The minimum absolute atomic E-state index is 0.0409. The Morgan fingerprint density at radius 3 is 2.61 bits per heavy atom. The Hall–Kier alpha value is -1.38. The number of carbonyl (C=O) groups excluding carboxylic acids is 1. The lowest BCUT2D eigenvalue weighted by Crippen LogP contribution is -2.26. The normalized spacial score (nSPS) is 28.1. The van der Waals surface area contributed by atoms with E-state index in [4.69, 9.17) is 5.73 Å². The van der Waals surface area contributed by atoms with Crippen LogP contribution in [0.5, 0.6) is 0 Å². The molecule has 0 radical (unpaired) electrons. The molecule has 2 rings (SSSR count). The van der Waals surface area contributed by atoms with Gasteiger partial charge >= 0.3 is 0 Å². The van der Waals surface area contributed by atoms with Crippen molar-refractivity contribution in [1.29, 1.82) is 0 Å². The smallest absolute Gasteiger partial charge is 0.166 e. The van der Waals surface area contributed by atoms with Crippen molar-refractivity contribution >= 4 is 11.5 Å². The van der Waals surface area contributed by atoms with E-state index in [1.165, 1.54) is 12.1 Å². The number of rotatable bonds is 2. The molecule has 1 aliphatic rings. The minimum Gasteiger partial charge on any atom is -0.396 e. The molecule has 1 aliphatic carbocycles. The molecule has 0 aliphatic heterocycles. The number of anilines is 1. The van der Waals surface area contributed by atoms with E-state index in [1.54, 1.807) is 6.07 Å². The Morgan fingerprint density at radius 1 is 1.28 bits per heavy atom. The largest absolute Gasteiger partial charge is 0.396 e. The molecular weight excluding hydrogens is 229 g/mol. The highest BCUT2D eigenvalue weighted by atomic mass is 19.1. The standard InChI is InChI=1S/C15H20FNO/c1-9-3-4-11(7-10(9)2)15(18)12-5-6-14(17)13(16)8-12/h5-6,8-11H,3-4,7,17H2,1-2H3. The van der Waals surface area contributed by atoms with Crippen LogP contribution in [0.4, 0.5) is 10.1 Å². The summed E-state index contributed by atoms with van der Waals surface area (Å²) in [5, 5.41) is 0. The zero-order valence-electron chi connectivity index (χ0n) is 10.9. The molecular formula is C15H20FNO. The number of hydrogen-bond donors (Lipinski definition) is 1. The lowest BCUT2D eigenvalue weighted by Gasteiger charge is -2.31. The first-order valence-electron chi connectivity index (χ1n) is 6.58. The van der Waals surface area contributed by atoms with Crippen LogP contribution in [-0.2, 0) is 0 Å². The van der Waals surface area contributed by atoms with Crippen LogP contribution in [0.3, 0.4) is 0 Å². The van der Waals surface area contributed by atoms with Crippen molar-refractivity contribution in [2.45, 2.75) is 33.1 Å². The monoisotopic (exact) mass is 249 g/mol. The van der Waals surface area contributed by atoms with Crippen molar-refractivity contribution in [2.75, 3.05) is 5.73 Å². The summed E-state index contributed by atoms with van der Waals surface area (Å²) in [6, 6.07) is 4.36. The summed E-state index contributed by atoms with van der Waals surface area (Å²) < 4.78 is 13.4. The fourth-order valence-corrected chi connectivity index (χ4v) is 2.70. The molecule has 98 valence electrons. The average Bonchev–Trinajstić information content (AvgIpc) is 2.35. The van der Waals surface area contributed by atoms with Crippen LogP contribution in [0.2, 0.25) is 0 Å². The topological polar surface area (TPSA) is 43.1 Å². The second-order valence-corrected chi connectivity index (χ2v) is 5.57. The zero-order valence-corrected chi connectivity index (χ0v) is 10.9. The van der Waals surface area contributed by atoms with Gasteiger partial charge in [0.1, 0.15) is 5.82 Å². The van der Waals surface area contributed by atoms with Gasteiger partial charge in [0.25, 0.3) is 0 Å². The summed E-state index contributed by atoms with van der Waals surface area (Å²) in [6.45, 7) is 4.42. The number of carbonyl (C=O) groups is 1. The number of Topliss-reactive ketones (excluding diaryl/α,β-unsaturated/α-hetero) is 1. The number of ketones is 1. The van der Waals surface area contributed by atoms with Gasteiger partial charge < -0.3 is 5.73 Å². The van der Waals surface area contributed by atoms with Gasteiger partial charge in [-0.25, -0.2) is 4.39 Å². The van der Waals surface area contributed by atoms with Crippen molar-refractivity contribution in [1.82, 2.24) is 0 Å². The van der Waals surface area contributed by atoms with E-state index in [1.807, 2.05) is 0 Å². The zero-order chi connectivity index (χ0) is 13.3. The SMILES string of the molecule is CC1CCC(C(=O)c2ccc(N)c(F)c2)CC1C. The predicted molar refractivity (Wildman–Crippen MR) is 70.8 cm³/mol. The summed E-state index contributed by atoms with van der Waals surface area (Å²) in [4.78, 5) is 12.3. The molecule has 2 N–H and O–H groups in total. The maximum Gasteiger partial charge on any atom is 0.166 e. The third kappa shape index (κ3) is 2.55. The Bertz CT molecular complexity index is 458. The van der Waals surface area contributed by atoms with Gasteiger partial charge in [-0.1, -0.05) is 13.8 Å². The van der Waals surface area contributed by atoms with E-state index in [9.17, 15) is 9.18 Å². The van der Waals surface area contributed by atoms with Gasteiger partial charge in [-0.15, -0.1) is 0 Å². The maximum atomic E-state index is 13.4. The van der Waals surface area contributed by atoms with E-state index in [2.05, 4.69) is 13.8 Å². The van der Waals surface area contributed by atoms with Crippen molar-refractivity contribution in [2.24, 2.45) is 17.8 Å². The van der Waals surface area contributed by atoms with Gasteiger partial charge in [-0.2, -0.15) is 0 Å². The molecule has 18 heavy (non-hydrogen) atoms. The van der Waals surface area contributed by atoms with Crippen LogP contribution < -0.4 is 5.73 Å². The molecule has 2 nitrogen and oxygen atoms in total. The third-order valence-corrected chi connectivity index (χ3v) is 4.25. The summed E-state index contributed by atoms with van der Waals surface area (Å²) in [5.74, 6) is 0.841. The minimum atomic E-state index is -0.502. The molecule has 3 atom stereocenters. The second-order valence-electron chi connectivity index (χ2n) is 5.57. The van der Waals surface area contributed by atoms with Gasteiger partial charge in [-0.3, -0.25) is 4.79 Å². The fourth-order valence-electron chi connectivity index (χ4n) is 2.70. The molecule has 0 spiro atoms. The second kappa shape index (κ2) is 5.09. The van der Waals surface area contributed by atoms with E-state index in [-0.39, 0.29) is 17.4 Å². The maximum absolute atomic E-state index is 13.4. The highest BCUT2D eigenvalue weighted by molar-refractivity contribution is 5.98. The highest BCUT2D eigenvalue weighted by Crippen LogP contribution is 2.35. The summed E-state index contributed by atoms with van der Waals surface area (Å²) in [7, 11) is 0. The third-order valence-electron chi connectivity index (χ3n) is 4.25. The quantitative estimate of drug-likeness (QED) is 0.642.